The summed E-state index contributed by atoms with van der Waals surface area (Å²) in [6.07, 6.45) is 3.76. The van der Waals surface area contributed by atoms with Crippen molar-refractivity contribution in [1.82, 2.24) is 0 Å². The van der Waals surface area contributed by atoms with Gasteiger partial charge >= 0.3 is 5.97 Å². The van der Waals surface area contributed by atoms with Crippen molar-refractivity contribution in [3.8, 4) is 17.2 Å². The lowest BCUT2D eigenvalue weighted by Gasteiger charge is -2.29. The first-order valence-electron chi connectivity index (χ1n) is 8.83. The Balaban J connectivity index is 2.98. The predicted molar refractivity (Wildman–Crippen MR) is 98.9 cm³/mol. The lowest BCUT2D eigenvalue weighted by atomic mass is 9.93. The maximum absolute atomic E-state index is 12.7. The van der Waals surface area contributed by atoms with E-state index in [0.717, 1.165) is 25.7 Å². The van der Waals surface area contributed by atoms with E-state index in [1.807, 2.05) is 13.8 Å². The molecule has 5 nitrogen and oxygen atoms in total. The molecule has 0 aliphatic carbocycles. The van der Waals surface area contributed by atoms with Crippen LogP contribution in [0.15, 0.2) is 12.1 Å². The van der Waals surface area contributed by atoms with Gasteiger partial charge in [0.2, 0.25) is 5.75 Å². The third kappa shape index (κ3) is 5.83. The molecule has 0 amide bonds. The number of hydrogen-bond donors (Lipinski definition) is 0. The molecule has 0 radical (unpaired) electrons. The van der Waals surface area contributed by atoms with E-state index in [0.29, 0.717) is 28.7 Å². The molecule has 0 aliphatic heterocycles. The van der Waals surface area contributed by atoms with Gasteiger partial charge in [-0.05, 0) is 44.2 Å². The summed E-state index contributed by atoms with van der Waals surface area (Å²) in [6, 6.07) is 3.24. The fourth-order valence-corrected chi connectivity index (χ4v) is 2.67. The summed E-state index contributed by atoms with van der Waals surface area (Å²) in [5.41, 5.74) is -0.0927. The molecule has 5 heteroatoms. The standard InChI is InChI=1S/C20H32O5/c1-8-20(4,11-9-10-14(2)3)25-19(21)15-12-16(22-5)18(24-7)17(13-15)23-6/h12-14H,8-11H2,1-7H3. The fraction of sp³-hybridized carbons (Fsp3) is 0.650. The van der Waals surface area contributed by atoms with E-state index in [1.54, 1.807) is 12.1 Å². The minimum absolute atomic E-state index is 0.381. The quantitative estimate of drug-likeness (QED) is 0.563. The molecule has 1 aromatic carbocycles. The summed E-state index contributed by atoms with van der Waals surface area (Å²) in [5, 5.41) is 0. The van der Waals surface area contributed by atoms with Gasteiger partial charge in [-0.15, -0.1) is 0 Å². The normalized spacial score (nSPS) is 13.3. The van der Waals surface area contributed by atoms with Gasteiger partial charge in [0.05, 0.1) is 26.9 Å². The Labute approximate surface area is 151 Å². The lowest BCUT2D eigenvalue weighted by molar-refractivity contribution is -0.0167. The van der Waals surface area contributed by atoms with Crippen molar-refractivity contribution in [1.29, 1.82) is 0 Å². The van der Waals surface area contributed by atoms with Gasteiger partial charge in [-0.3, -0.25) is 0 Å². The Bertz CT molecular complexity index is 542. The first-order chi connectivity index (χ1) is 11.8. The second-order valence-electron chi connectivity index (χ2n) is 6.89. The Hall–Kier alpha value is -1.91. The highest BCUT2D eigenvalue weighted by Gasteiger charge is 2.28. The van der Waals surface area contributed by atoms with Crippen LogP contribution in [0, 0.1) is 5.92 Å². The van der Waals surface area contributed by atoms with E-state index in [4.69, 9.17) is 18.9 Å². The van der Waals surface area contributed by atoms with Crippen LogP contribution in [0.2, 0.25) is 0 Å². The first kappa shape index (κ1) is 21.1. The molecule has 142 valence electrons. The molecular formula is C20H32O5. The Morgan fingerprint density at radius 2 is 1.64 bits per heavy atom. The second-order valence-corrected chi connectivity index (χ2v) is 6.89. The minimum atomic E-state index is -0.480. The maximum Gasteiger partial charge on any atom is 0.338 e. The maximum atomic E-state index is 12.7. The van der Waals surface area contributed by atoms with Crippen LogP contribution in [-0.4, -0.2) is 32.9 Å². The molecule has 0 aliphatic rings. The summed E-state index contributed by atoms with van der Waals surface area (Å²) in [6.45, 7) is 8.43. The molecule has 1 rings (SSSR count). The van der Waals surface area contributed by atoms with Gasteiger partial charge in [-0.1, -0.05) is 27.2 Å². The molecule has 1 unspecified atom stereocenters. The number of rotatable bonds is 10. The number of esters is 1. The zero-order valence-electron chi connectivity index (χ0n) is 16.6. The summed E-state index contributed by atoms with van der Waals surface area (Å²) >= 11 is 0. The summed E-state index contributed by atoms with van der Waals surface area (Å²) < 4.78 is 21.7. The average Bonchev–Trinajstić information content (AvgIpc) is 2.59. The van der Waals surface area contributed by atoms with E-state index in [9.17, 15) is 4.79 Å². The topological polar surface area (TPSA) is 54.0 Å². The van der Waals surface area contributed by atoms with Gasteiger partial charge < -0.3 is 18.9 Å². The van der Waals surface area contributed by atoms with Crippen LogP contribution in [0.3, 0.4) is 0 Å². The molecule has 0 heterocycles. The molecule has 0 N–H and O–H groups in total. The SMILES string of the molecule is CCC(C)(CCCC(C)C)OC(=O)c1cc(OC)c(OC)c(OC)c1. The molecule has 25 heavy (non-hydrogen) atoms. The number of methoxy groups -OCH3 is 3. The number of carbonyl (C=O) groups excluding carboxylic acids is 1. The summed E-state index contributed by atoms with van der Waals surface area (Å²) in [5.74, 6) is 1.59. The zero-order chi connectivity index (χ0) is 19.0. The van der Waals surface area contributed by atoms with Gasteiger partial charge in [-0.2, -0.15) is 0 Å². The molecule has 0 spiro atoms. The van der Waals surface area contributed by atoms with Gasteiger partial charge in [0, 0.05) is 0 Å². The second kappa shape index (κ2) is 9.54. The predicted octanol–water partition coefficient (Wildman–Crippen LogP) is 4.86. The highest BCUT2D eigenvalue weighted by atomic mass is 16.6. The number of benzene rings is 1. The van der Waals surface area contributed by atoms with Gasteiger partial charge in [-0.25, -0.2) is 4.79 Å². The highest BCUT2D eigenvalue weighted by Crippen LogP contribution is 2.38. The smallest absolute Gasteiger partial charge is 0.338 e. The molecule has 0 saturated heterocycles. The van der Waals surface area contributed by atoms with Crippen LogP contribution in [0.25, 0.3) is 0 Å². The van der Waals surface area contributed by atoms with E-state index < -0.39 is 5.60 Å². The molecule has 0 bridgehead atoms. The van der Waals surface area contributed by atoms with Crippen LogP contribution in [-0.2, 0) is 4.74 Å². The van der Waals surface area contributed by atoms with Crippen molar-refractivity contribution in [2.75, 3.05) is 21.3 Å². The molecule has 0 aromatic heterocycles. The molecule has 0 fully saturated rings. The largest absolute Gasteiger partial charge is 0.493 e. The van der Waals surface area contributed by atoms with E-state index in [2.05, 4.69) is 13.8 Å². The van der Waals surface area contributed by atoms with Gasteiger partial charge in [0.1, 0.15) is 5.60 Å². The minimum Gasteiger partial charge on any atom is -0.493 e. The van der Waals surface area contributed by atoms with Crippen molar-refractivity contribution in [2.45, 2.75) is 59.0 Å². The fourth-order valence-electron chi connectivity index (χ4n) is 2.67. The van der Waals surface area contributed by atoms with E-state index >= 15 is 0 Å². The van der Waals surface area contributed by atoms with Crippen molar-refractivity contribution >= 4 is 5.97 Å². The van der Waals surface area contributed by atoms with Crippen LogP contribution >= 0.6 is 0 Å². The Morgan fingerprint density at radius 3 is 2.04 bits per heavy atom. The number of hydrogen-bond acceptors (Lipinski definition) is 5. The van der Waals surface area contributed by atoms with E-state index in [1.165, 1.54) is 21.3 Å². The molecule has 1 atom stereocenters. The third-order valence-corrected chi connectivity index (χ3v) is 4.47. The lowest BCUT2D eigenvalue weighted by Crippen LogP contribution is -2.31. The summed E-state index contributed by atoms with van der Waals surface area (Å²) in [7, 11) is 4.57. The van der Waals surface area contributed by atoms with E-state index in [-0.39, 0.29) is 5.97 Å². The molecule has 1 aromatic rings. The van der Waals surface area contributed by atoms with Crippen molar-refractivity contribution in [3.05, 3.63) is 17.7 Å². The van der Waals surface area contributed by atoms with Crippen molar-refractivity contribution < 1.29 is 23.7 Å². The van der Waals surface area contributed by atoms with Crippen molar-refractivity contribution in [2.24, 2.45) is 5.92 Å². The number of ether oxygens (including phenoxy) is 4. The van der Waals surface area contributed by atoms with Crippen LogP contribution in [0.5, 0.6) is 17.2 Å². The molecule has 0 saturated carbocycles. The zero-order valence-corrected chi connectivity index (χ0v) is 16.6. The summed E-state index contributed by atoms with van der Waals surface area (Å²) in [4.78, 5) is 12.7. The Morgan fingerprint density at radius 1 is 1.08 bits per heavy atom. The van der Waals surface area contributed by atoms with Crippen LogP contribution < -0.4 is 14.2 Å². The van der Waals surface area contributed by atoms with Crippen LogP contribution in [0.1, 0.15) is 63.7 Å². The Kier molecular flexibility index (Phi) is 8.07. The van der Waals surface area contributed by atoms with Gasteiger partial charge in [0.25, 0.3) is 0 Å². The number of carbonyl (C=O) groups is 1. The first-order valence-corrected chi connectivity index (χ1v) is 8.83. The highest BCUT2D eigenvalue weighted by molar-refractivity contribution is 5.91. The third-order valence-electron chi connectivity index (χ3n) is 4.47. The average molecular weight is 352 g/mol. The van der Waals surface area contributed by atoms with Crippen LogP contribution in [0.4, 0.5) is 0 Å². The monoisotopic (exact) mass is 352 g/mol. The van der Waals surface area contributed by atoms with Crippen molar-refractivity contribution in [3.63, 3.8) is 0 Å². The molecular weight excluding hydrogens is 320 g/mol. The van der Waals surface area contributed by atoms with Gasteiger partial charge in [0.15, 0.2) is 11.5 Å².